The summed E-state index contributed by atoms with van der Waals surface area (Å²) < 4.78 is 0. The number of aliphatic imine (C=N–C) groups is 1. The molecule has 7 heteroatoms. The van der Waals surface area contributed by atoms with Gasteiger partial charge in [-0.05, 0) is 24.5 Å². The third kappa shape index (κ3) is 5.53. The summed E-state index contributed by atoms with van der Waals surface area (Å²) >= 11 is 1.68. The molecule has 0 radical (unpaired) electrons. The van der Waals surface area contributed by atoms with Gasteiger partial charge in [0.05, 0.1) is 10.7 Å². The molecule has 3 rings (SSSR count). The summed E-state index contributed by atoms with van der Waals surface area (Å²) in [5, 5.41) is 9.91. The fourth-order valence-corrected chi connectivity index (χ4v) is 3.84. The van der Waals surface area contributed by atoms with Crippen LogP contribution in [0, 0.1) is 6.92 Å². The largest absolute Gasteiger partial charge is 0.356 e. The van der Waals surface area contributed by atoms with E-state index in [2.05, 4.69) is 38.1 Å². The molecule has 1 aromatic carbocycles. The molecule has 6 nitrogen and oxygen atoms in total. The van der Waals surface area contributed by atoms with Crippen molar-refractivity contribution in [2.45, 2.75) is 39.3 Å². The van der Waals surface area contributed by atoms with Gasteiger partial charge in [0.15, 0.2) is 5.96 Å². The molecule has 0 aliphatic carbocycles. The summed E-state index contributed by atoms with van der Waals surface area (Å²) in [6.45, 7) is 5.03. The summed E-state index contributed by atoms with van der Waals surface area (Å²) in [4.78, 5) is 22.6. The molecule has 0 bridgehead atoms. The minimum atomic E-state index is 0.257. The van der Waals surface area contributed by atoms with Gasteiger partial charge in [0.1, 0.15) is 0 Å². The third-order valence-corrected chi connectivity index (χ3v) is 5.48. The van der Waals surface area contributed by atoms with E-state index in [0.29, 0.717) is 19.5 Å². The van der Waals surface area contributed by atoms with Gasteiger partial charge < -0.3 is 15.5 Å². The molecule has 1 aromatic heterocycles. The van der Waals surface area contributed by atoms with Crippen molar-refractivity contribution in [1.82, 2.24) is 20.5 Å². The van der Waals surface area contributed by atoms with Gasteiger partial charge in [-0.25, -0.2) is 4.98 Å². The highest BCUT2D eigenvalue weighted by molar-refractivity contribution is 7.09. The van der Waals surface area contributed by atoms with E-state index < -0.39 is 0 Å². The lowest BCUT2D eigenvalue weighted by Gasteiger charge is -2.19. The summed E-state index contributed by atoms with van der Waals surface area (Å²) in [6.07, 6.45) is 2.52. The maximum absolute atomic E-state index is 11.9. The predicted octanol–water partition coefficient (Wildman–Crippen LogP) is 2.48. The van der Waals surface area contributed by atoms with Crippen LogP contribution in [-0.4, -0.2) is 41.9 Å². The van der Waals surface area contributed by atoms with Crippen molar-refractivity contribution in [1.29, 1.82) is 0 Å². The fraction of sp³-hybridized carbons (Fsp3) is 0.450. The lowest BCUT2D eigenvalue weighted by atomic mass is 10.1. The number of hydrogen-bond acceptors (Lipinski definition) is 4. The van der Waals surface area contributed by atoms with Gasteiger partial charge in [0.2, 0.25) is 5.91 Å². The van der Waals surface area contributed by atoms with Crippen LogP contribution < -0.4 is 10.6 Å². The van der Waals surface area contributed by atoms with Crippen molar-refractivity contribution < 1.29 is 4.79 Å². The molecule has 27 heavy (non-hydrogen) atoms. The first-order chi connectivity index (χ1) is 13.2. The second kappa shape index (κ2) is 9.50. The molecule has 1 aliphatic rings. The quantitative estimate of drug-likeness (QED) is 0.567. The summed E-state index contributed by atoms with van der Waals surface area (Å²) in [7, 11) is 1.77. The minimum absolute atomic E-state index is 0.257. The zero-order valence-corrected chi connectivity index (χ0v) is 16.8. The first-order valence-corrected chi connectivity index (χ1v) is 10.2. The number of benzene rings is 1. The van der Waals surface area contributed by atoms with Crippen molar-refractivity contribution in [3.63, 3.8) is 0 Å². The zero-order valence-electron chi connectivity index (χ0n) is 16.0. The summed E-state index contributed by atoms with van der Waals surface area (Å²) in [5.41, 5.74) is 3.49. The molecular weight excluding hydrogens is 358 g/mol. The summed E-state index contributed by atoms with van der Waals surface area (Å²) in [6, 6.07) is 8.27. The zero-order chi connectivity index (χ0) is 19.1. The predicted molar refractivity (Wildman–Crippen MR) is 110 cm³/mol. The normalized spacial score (nSPS) is 14.7. The Morgan fingerprint density at radius 2 is 2.11 bits per heavy atom. The molecule has 1 saturated heterocycles. The van der Waals surface area contributed by atoms with E-state index in [1.54, 1.807) is 18.4 Å². The van der Waals surface area contributed by atoms with Gasteiger partial charge in [-0.15, -0.1) is 11.3 Å². The number of rotatable bonds is 7. The smallest absolute Gasteiger partial charge is 0.222 e. The molecule has 2 N–H and O–H groups in total. The number of nitrogens with zero attached hydrogens (tertiary/aromatic N) is 3. The van der Waals surface area contributed by atoms with E-state index in [0.717, 1.165) is 42.6 Å². The number of aromatic nitrogens is 1. The number of nitrogens with one attached hydrogen (secondary N) is 2. The Morgan fingerprint density at radius 1 is 1.30 bits per heavy atom. The highest BCUT2D eigenvalue weighted by atomic mass is 32.1. The summed E-state index contributed by atoms with van der Waals surface area (Å²) in [5.74, 6) is 1.03. The monoisotopic (exact) mass is 385 g/mol. The Balaban J connectivity index is 1.51. The number of aryl methyl sites for hydroxylation is 1. The number of carbonyl (C=O) groups excluding carboxylic acids is 1. The van der Waals surface area contributed by atoms with Crippen LogP contribution in [0.15, 0.2) is 34.6 Å². The van der Waals surface area contributed by atoms with Gasteiger partial charge in [-0.2, -0.15) is 0 Å². The van der Waals surface area contributed by atoms with Crippen LogP contribution in [0.5, 0.6) is 0 Å². The van der Waals surface area contributed by atoms with E-state index in [4.69, 9.17) is 0 Å². The molecule has 0 spiro atoms. The number of thiazole rings is 1. The molecular formula is C20H27N5OS. The number of carbonyl (C=O) groups is 1. The van der Waals surface area contributed by atoms with E-state index in [-0.39, 0.29) is 5.91 Å². The molecule has 1 amide bonds. The molecule has 1 fully saturated rings. The van der Waals surface area contributed by atoms with Crippen LogP contribution in [-0.2, 0) is 24.3 Å². The van der Waals surface area contributed by atoms with Crippen LogP contribution in [0.1, 0.15) is 34.7 Å². The van der Waals surface area contributed by atoms with Crippen molar-refractivity contribution in [2.24, 2.45) is 4.99 Å². The average Bonchev–Trinajstić information content (AvgIpc) is 3.27. The Morgan fingerprint density at radius 3 is 2.78 bits per heavy atom. The lowest BCUT2D eigenvalue weighted by Crippen LogP contribution is -2.38. The lowest BCUT2D eigenvalue weighted by molar-refractivity contribution is -0.128. The minimum Gasteiger partial charge on any atom is -0.356 e. The third-order valence-electron chi connectivity index (χ3n) is 4.66. The second-order valence-electron chi connectivity index (χ2n) is 6.65. The Hall–Kier alpha value is -2.41. The average molecular weight is 386 g/mol. The fourth-order valence-electron chi connectivity index (χ4n) is 3.19. The van der Waals surface area contributed by atoms with Gasteiger partial charge >= 0.3 is 0 Å². The van der Waals surface area contributed by atoms with Crippen LogP contribution in [0.25, 0.3) is 0 Å². The molecule has 0 atom stereocenters. The maximum atomic E-state index is 11.9. The maximum Gasteiger partial charge on any atom is 0.222 e. The van der Waals surface area contributed by atoms with E-state index in [9.17, 15) is 4.79 Å². The standard InChI is InChI=1S/C20H27N5OS/c1-15-24-18(14-27-15)9-10-22-20(21-2)23-12-16-6-3-4-7-17(16)13-25-11-5-8-19(25)26/h3-4,6-7,14H,5,8-13H2,1-2H3,(H2,21,22,23). The van der Waals surface area contributed by atoms with Crippen molar-refractivity contribution in [2.75, 3.05) is 20.1 Å². The molecule has 2 aromatic rings. The van der Waals surface area contributed by atoms with E-state index in [1.165, 1.54) is 11.1 Å². The van der Waals surface area contributed by atoms with Gasteiger partial charge in [0.25, 0.3) is 0 Å². The first kappa shape index (κ1) is 19.4. The first-order valence-electron chi connectivity index (χ1n) is 9.36. The Kier molecular flexibility index (Phi) is 6.81. The van der Waals surface area contributed by atoms with E-state index >= 15 is 0 Å². The van der Waals surface area contributed by atoms with Crippen LogP contribution in [0.4, 0.5) is 0 Å². The molecule has 0 saturated carbocycles. The topological polar surface area (TPSA) is 69.6 Å². The Labute approximate surface area is 164 Å². The highest BCUT2D eigenvalue weighted by Crippen LogP contribution is 2.17. The van der Waals surface area contributed by atoms with Crippen molar-refractivity contribution >= 4 is 23.2 Å². The van der Waals surface area contributed by atoms with Gasteiger partial charge in [-0.1, -0.05) is 24.3 Å². The number of amides is 1. The Bertz CT molecular complexity index is 801. The molecule has 1 aliphatic heterocycles. The molecule has 144 valence electrons. The van der Waals surface area contributed by atoms with Crippen LogP contribution in [0.2, 0.25) is 0 Å². The van der Waals surface area contributed by atoms with Crippen LogP contribution >= 0.6 is 11.3 Å². The van der Waals surface area contributed by atoms with Crippen molar-refractivity contribution in [3.8, 4) is 0 Å². The van der Waals surface area contributed by atoms with Gasteiger partial charge in [-0.3, -0.25) is 9.79 Å². The molecule has 0 unspecified atom stereocenters. The number of likely N-dealkylation sites (tertiary alicyclic amines) is 1. The van der Waals surface area contributed by atoms with E-state index in [1.807, 2.05) is 24.0 Å². The number of hydrogen-bond donors (Lipinski definition) is 2. The molecule has 2 heterocycles. The van der Waals surface area contributed by atoms with Gasteiger partial charge in [0, 0.05) is 51.4 Å². The second-order valence-corrected chi connectivity index (χ2v) is 7.71. The highest BCUT2D eigenvalue weighted by Gasteiger charge is 2.20. The van der Waals surface area contributed by atoms with Crippen LogP contribution in [0.3, 0.4) is 0 Å². The SMILES string of the molecule is CN=C(NCCc1csc(C)n1)NCc1ccccc1CN1CCCC1=O. The number of guanidine groups is 1. The van der Waals surface area contributed by atoms with Crippen molar-refractivity contribution in [3.05, 3.63) is 51.5 Å².